The maximum Gasteiger partial charge on any atom is 0.243 e. The molecule has 1 aliphatic rings. The van der Waals surface area contributed by atoms with Crippen LogP contribution in [0.2, 0.25) is 0 Å². The zero-order valence-electron chi connectivity index (χ0n) is 13.7. The van der Waals surface area contributed by atoms with E-state index in [1.165, 1.54) is 4.31 Å². The fourth-order valence-electron chi connectivity index (χ4n) is 3.01. The van der Waals surface area contributed by atoms with Gasteiger partial charge in [0.15, 0.2) is 5.76 Å². The molecule has 1 atom stereocenters. The van der Waals surface area contributed by atoms with Crippen LogP contribution < -0.4 is 0 Å². The predicted molar refractivity (Wildman–Crippen MR) is 87.6 cm³/mol. The van der Waals surface area contributed by atoms with Gasteiger partial charge in [0, 0.05) is 12.6 Å². The molecule has 2 aromatic rings. The van der Waals surface area contributed by atoms with E-state index in [0.29, 0.717) is 23.1 Å². The molecule has 0 spiro atoms. The van der Waals surface area contributed by atoms with Gasteiger partial charge in [-0.1, -0.05) is 31.1 Å². The first-order chi connectivity index (χ1) is 10.9. The van der Waals surface area contributed by atoms with Gasteiger partial charge in [-0.2, -0.15) is 4.31 Å². The fourth-order valence-corrected chi connectivity index (χ4v) is 4.68. The molecule has 0 amide bonds. The van der Waals surface area contributed by atoms with Crippen LogP contribution >= 0.6 is 0 Å². The Bertz CT molecular complexity index is 778. The summed E-state index contributed by atoms with van der Waals surface area (Å²) in [5.41, 5.74) is 1.90. The first kappa shape index (κ1) is 16.2. The number of hydrogen-bond donors (Lipinski definition) is 0. The Morgan fingerprint density at radius 2 is 1.96 bits per heavy atom. The first-order valence-corrected chi connectivity index (χ1v) is 9.38. The molecule has 1 saturated heterocycles. The molecule has 23 heavy (non-hydrogen) atoms. The molecule has 0 bridgehead atoms. The van der Waals surface area contributed by atoms with Crippen LogP contribution in [-0.2, 0) is 10.0 Å². The van der Waals surface area contributed by atoms with Crippen molar-refractivity contribution in [3.05, 3.63) is 47.3 Å². The minimum Gasteiger partial charge on any atom is -0.359 e. The monoisotopic (exact) mass is 334 g/mol. The zero-order valence-corrected chi connectivity index (χ0v) is 14.5. The Kier molecular flexibility index (Phi) is 4.29. The molecule has 0 radical (unpaired) electrons. The summed E-state index contributed by atoms with van der Waals surface area (Å²) in [7, 11) is -3.52. The van der Waals surface area contributed by atoms with Crippen molar-refractivity contribution in [2.75, 3.05) is 6.54 Å². The number of hydrogen-bond acceptors (Lipinski definition) is 4. The third-order valence-electron chi connectivity index (χ3n) is 4.33. The van der Waals surface area contributed by atoms with E-state index in [-0.39, 0.29) is 6.04 Å². The van der Waals surface area contributed by atoms with Gasteiger partial charge in [0.05, 0.1) is 16.6 Å². The summed E-state index contributed by atoms with van der Waals surface area (Å²) in [6, 6.07) is 8.74. The maximum atomic E-state index is 13.0. The lowest BCUT2D eigenvalue weighted by atomic mass is 10.0. The Morgan fingerprint density at radius 3 is 2.52 bits per heavy atom. The number of sulfonamides is 1. The topological polar surface area (TPSA) is 63.4 Å². The van der Waals surface area contributed by atoms with Crippen LogP contribution in [0.4, 0.5) is 0 Å². The van der Waals surface area contributed by atoms with Gasteiger partial charge in [0.1, 0.15) is 0 Å². The van der Waals surface area contributed by atoms with Crippen LogP contribution in [0.15, 0.2) is 39.8 Å². The lowest BCUT2D eigenvalue weighted by Crippen LogP contribution is -2.30. The first-order valence-electron chi connectivity index (χ1n) is 7.94. The highest BCUT2D eigenvalue weighted by atomic mass is 32.2. The minimum absolute atomic E-state index is 0.258. The van der Waals surface area contributed by atoms with E-state index < -0.39 is 10.0 Å². The highest BCUT2D eigenvalue weighted by molar-refractivity contribution is 7.89. The van der Waals surface area contributed by atoms with Gasteiger partial charge in [-0.25, -0.2) is 8.42 Å². The van der Waals surface area contributed by atoms with Gasteiger partial charge >= 0.3 is 0 Å². The van der Waals surface area contributed by atoms with Crippen molar-refractivity contribution in [1.82, 2.24) is 9.46 Å². The second-order valence-electron chi connectivity index (χ2n) is 6.37. The van der Waals surface area contributed by atoms with E-state index in [4.69, 9.17) is 4.52 Å². The van der Waals surface area contributed by atoms with Crippen LogP contribution in [0.1, 0.15) is 55.7 Å². The molecule has 3 rings (SSSR count). The average Bonchev–Trinajstić information content (AvgIpc) is 3.16. The van der Waals surface area contributed by atoms with E-state index in [2.05, 4.69) is 19.0 Å². The van der Waals surface area contributed by atoms with E-state index in [9.17, 15) is 8.42 Å². The fraction of sp³-hybridized carbons (Fsp3) is 0.471. The Morgan fingerprint density at radius 1 is 1.26 bits per heavy atom. The van der Waals surface area contributed by atoms with Crippen molar-refractivity contribution in [3.63, 3.8) is 0 Å². The molecule has 0 saturated carbocycles. The van der Waals surface area contributed by atoms with Crippen LogP contribution in [0.25, 0.3) is 0 Å². The molecule has 6 heteroatoms. The third kappa shape index (κ3) is 3.05. The molecule has 124 valence electrons. The predicted octanol–water partition coefficient (Wildman–Crippen LogP) is 3.63. The summed E-state index contributed by atoms with van der Waals surface area (Å²) >= 11 is 0. The summed E-state index contributed by atoms with van der Waals surface area (Å²) < 4.78 is 32.8. The van der Waals surface area contributed by atoms with Gasteiger partial charge in [-0.3, -0.25) is 0 Å². The van der Waals surface area contributed by atoms with Crippen molar-refractivity contribution in [3.8, 4) is 0 Å². The highest BCUT2D eigenvalue weighted by Crippen LogP contribution is 2.36. The van der Waals surface area contributed by atoms with Crippen molar-refractivity contribution in [2.24, 2.45) is 0 Å². The number of aryl methyl sites for hydroxylation is 1. The SMILES string of the molecule is Cc1cc(C2CCCN2S(=O)(=O)c2ccc(C(C)C)cc2)on1. The quantitative estimate of drug-likeness (QED) is 0.856. The van der Waals surface area contributed by atoms with Crippen LogP contribution in [0.5, 0.6) is 0 Å². The normalized spacial score (nSPS) is 19.6. The van der Waals surface area contributed by atoms with Crippen LogP contribution in [0.3, 0.4) is 0 Å². The van der Waals surface area contributed by atoms with E-state index in [0.717, 1.165) is 24.1 Å². The maximum absolute atomic E-state index is 13.0. The van der Waals surface area contributed by atoms with E-state index >= 15 is 0 Å². The number of rotatable bonds is 4. The van der Waals surface area contributed by atoms with Crippen molar-refractivity contribution in [2.45, 2.75) is 50.5 Å². The van der Waals surface area contributed by atoms with Gasteiger partial charge in [0.2, 0.25) is 10.0 Å². The summed E-state index contributed by atoms with van der Waals surface area (Å²) in [4.78, 5) is 0.338. The summed E-state index contributed by atoms with van der Waals surface area (Å²) in [5, 5.41) is 3.88. The molecule has 1 unspecified atom stereocenters. The Hall–Kier alpha value is -1.66. The molecular weight excluding hydrogens is 312 g/mol. The average molecular weight is 334 g/mol. The molecule has 1 fully saturated rings. The second-order valence-corrected chi connectivity index (χ2v) is 8.26. The third-order valence-corrected chi connectivity index (χ3v) is 6.25. The van der Waals surface area contributed by atoms with Gasteiger partial charge in [-0.15, -0.1) is 0 Å². The highest BCUT2D eigenvalue weighted by Gasteiger charge is 2.38. The molecular formula is C17H22N2O3S. The van der Waals surface area contributed by atoms with Crippen molar-refractivity contribution in [1.29, 1.82) is 0 Å². The largest absolute Gasteiger partial charge is 0.359 e. The van der Waals surface area contributed by atoms with Gasteiger partial charge in [0.25, 0.3) is 0 Å². The zero-order chi connectivity index (χ0) is 16.6. The van der Waals surface area contributed by atoms with Crippen LogP contribution in [-0.4, -0.2) is 24.4 Å². The van der Waals surface area contributed by atoms with Gasteiger partial charge < -0.3 is 4.52 Å². The Labute approximate surface area is 137 Å². The Balaban J connectivity index is 1.91. The number of benzene rings is 1. The summed E-state index contributed by atoms with van der Waals surface area (Å²) in [6.45, 7) is 6.53. The van der Waals surface area contributed by atoms with E-state index in [1.807, 2.05) is 25.1 Å². The summed E-state index contributed by atoms with van der Waals surface area (Å²) in [5.74, 6) is 1.01. The van der Waals surface area contributed by atoms with Gasteiger partial charge in [-0.05, 0) is 43.4 Å². The van der Waals surface area contributed by atoms with Crippen molar-refractivity contribution < 1.29 is 12.9 Å². The smallest absolute Gasteiger partial charge is 0.243 e. The molecule has 1 aliphatic heterocycles. The molecule has 5 nitrogen and oxygen atoms in total. The lowest BCUT2D eigenvalue weighted by Gasteiger charge is -2.22. The minimum atomic E-state index is -3.52. The number of aromatic nitrogens is 1. The molecule has 2 heterocycles. The second kappa shape index (κ2) is 6.09. The lowest BCUT2D eigenvalue weighted by molar-refractivity contribution is 0.297. The van der Waals surface area contributed by atoms with Crippen molar-refractivity contribution >= 4 is 10.0 Å². The molecule has 1 aromatic carbocycles. The number of nitrogens with zero attached hydrogens (tertiary/aromatic N) is 2. The molecule has 0 aliphatic carbocycles. The molecule has 0 N–H and O–H groups in total. The standard InChI is InChI=1S/C17H22N2O3S/c1-12(2)14-6-8-15(9-7-14)23(20,21)19-10-4-5-16(19)17-11-13(3)18-22-17/h6-9,11-12,16H,4-5,10H2,1-3H3. The van der Waals surface area contributed by atoms with Crippen LogP contribution in [0, 0.1) is 6.92 Å². The molecule has 1 aromatic heterocycles. The summed E-state index contributed by atoms with van der Waals surface area (Å²) in [6.07, 6.45) is 1.59. The van der Waals surface area contributed by atoms with E-state index in [1.54, 1.807) is 12.1 Å².